The summed E-state index contributed by atoms with van der Waals surface area (Å²) < 4.78 is 5.86. The number of aryl methyl sites for hydroxylation is 2. The lowest BCUT2D eigenvalue weighted by Gasteiger charge is -2.07. The van der Waals surface area contributed by atoms with Gasteiger partial charge in [0.15, 0.2) is 5.75 Å². The Morgan fingerprint density at radius 3 is 2.41 bits per heavy atom. The van der Waals surface area contributed by atoms with Crippen molar-refractivity contribution >= 4 is 16.9 Å². The van der Waals surface area contributed by atoms with Crippen LogP contribution < -0.4 is 4.74 Å². The van der Waals surface area contributed by atoms with Crippen LogP contribution in [0.3, 0.4) is 0 Å². The van der Waals surface area contributed by atoms with Gasteiger partial charge in [-0.05, 0) is 73.5 Å². The van der Waals surface area contributed by atoms with Crippen LogP contribution in [-0.4, -0.2) is 6.61 Å². The molecule has 3 heteroatoms. The van der Waals surface area contributed by atoms with Crippen molar-refractivity contribution in [2.24, 2.45) is 0 Å². The van der Waals surface area contributed by atoms with Crippen LogP contribution in [-0.2, 0) is 5.11 Å². The van der Waals surface area contributed by atoms with Gasteiger partial charge in [0.05, 0.1) is 0 Å². The Labute approximate surface area is 193 Å². The van der Waals surface area contributed by atoms with E-state index in [2.05, 4.69) is 55.2 Å². The van der Waals surface area contributed by atoms with Gasteiger partial charge in [0, 0.05) is 26.5 Å². The van der Waals surface area contributed by atoms with Crippen LogP contribution in [0, 0.1) is 25.7 Å². The third-order valence-corrected chi connectivity index (χ3v) is 6.07. The van der Waals surface area contributed by atoms with Crippen molar-refractivity contribution in [2.45, 2.75) is 13.8 Å². The van der Waals surface area contributed by atoms with E-state index < -0.39 is 0 Å². The van der Waals surface area contributed by atoms with E-state index in [1.807, 2.05) is 36.4 Å². The van der Waals surface area contributed by atoms with Gasteiger partial charge >= 0.3 is 0 Å². The average molecular weight is 436 g/mol. The summed E-state index contributed by atoms with van der Waals surface area (Å²) in [6, 6.07) is 27.7. The lowest BCUT2D eigenvalue weighted by atomic mass is 10.0. The molecule has 0 aliphatic rings. The molecule has 0 bridgehead atoms. The van der Waals surface area contributed by atoms with Crippen molar-refractivity contribution in [1.29, 1.82) is 0 Å². The van der Waals surface area contributed by atoms with Gasteiger partial charge in [-0.3, -0.25) is 5.11 Å². The van der Waals surface area contributed by atoms with Gasteiger partial charge in [0.25, 0.3) is 0 Å². The topological polar surface area (TPSA) is 29.1 Å². The number of hydrogen-bond donors (Lipinski definition) is 0. The second-order valence-corrected chi connectivity index (χ2v) is 8.75. The summed E-state index contributed by atoms with van der Waals surface area (Å²) in [5.74, 6) is 7.25. The van der Waals surface area contributed by atoms with Crippen molar-refractivity contribution in [2.75, 3.05) is 6.61 Å². The van der Waals surface area contributed by atoms with Gasteiger partial charge in [-0.15, -0.1) is 11.3 Å². The highest BCUT2D eigenvalue weighted by Gasteiger charge is 2.04. The van der Waals surface area contributed by atoms with Gasteiger partial charge in [0.1, 0.15) is 12.4 Å². The van der Waals surface area contributed by atoms with Gasteiger partial charge in [0.2, 0.25) is 0 Å². The predicted molar refractivity (Wildman–Crippen MR) is 133 cm³/mol. The number of thiophene rings is 1. The monoisotopic (exact) mass is 435 g/mol. The molecular formula is C29H23O2S. The van der Waals surface area contributed by atoms with E-state index in [0.29, 0.717) is 17.9 Å². The van der Waals surface area contributed by atoms with Crippen molar-refractivity contribution in [3.05, 3.63) is 113 Å². The molecule has 0 atom stereocenters. The second kappa shape index (κ2) is 10.0. The van der Waals surface area contributed by atoms with E-state index in [0.717, 1.165) is 16.7 Å². The molecule has 0 unspecified atom stereocenters. The zero-order chi connectivity index (χ0) is 22.3. The van der Waals surface area contributed by atoms with Crippen LogP contribution in [0.5, 0.6) is 11.5 Å². The molecule has 0 saturated carbocycles. The maximum atomic E-state index is 11.6. The number of hydrogen-bond acceptors (Lipinski definition) is 2. The molecule has 0 amide bonds. The summed E-state index contributed by atoms with van der Waals surface area (Å²) in [5, 5.41) is 11.6. The fraction of sp³-hybridized carbons (Fsp3) is 0.103. The molecule has 4 aromatic rings. The Bertz CT molecular complexity index is 1290. The largest absolute Gasteiger partial charge is 0.489 e. The smallest absolute Gasteiger partial charge is 0.181 e. The Morgan fingerprint density at radius 2 is 1.72 bits per heavy atom. The number of ether oxygens (including phenoxy) is 1. The minimum absolute atomic E-state index is 0.0170. The Morgan fingerprint density at radius 1 is 0.938 bits per heavy atom. The molecule has 1 aromatic heterocycles. The first kappa shape index (κ1) is 21.5. The molecule has 0 spiro atoms. The van der Waals surface area contributed by atoms with Crippen LogP contribution in [0.2, 0.25) is 0 Å². The van der Waals surface area contributed by atoms with Crippen molar-refractivity contribution in [1.82, 2.24) is 0 Å². The second-order valence-electron chi connectivity index (χ2n) is 7.46. The first-order valence-electron chi connectivity index (χ1n) is 10.4. The Kier molecular flexibility index (Phi) is 6.75. The van der Waals surface area contributed by atoms with Gasteiger partial charge < -0.3 is 4.74 Å². The third kappa shape index (κ3) is 5.49. The fourth-order valence-corrected chi connectivity index (χ4v) is 4.11. The lowest BCUT2D eigenvalue weighted by Crippen LogP contribution is -1.95. The summed E-state index contributed by atoms with van der Waals surface area (Å²) >= 11 is 1.79. The summed E-state index contributed by atoms with van der Waals surface area (Å²) in [6.07, 6.45) is 1.99. The molecule has 157 valence electrons. The maximum absolute atomic E-state index is 11.6. The molecule has 0 N–H and O–H groups in total. The maximum Gasteiger partial charge on any atom is 0.181 e. The highest BCUT2D eigenvalue weighted by Crippen LogP contribution is 2.29. The van der Waals surface area contributed by atoms with Gasteiger partial charge in [-0.2, -0.15) is 0 Å². The zero-order valence-corrected chi connectivity index (χ0v) is 18.9. The molecular weight excluding hydrogens is 412 g/mol. The van der Waals surface area contributed by atoms with E-state index in [9.17, 15) is 5.11 Å². The molecule has 4 rings (SSSR count). The van der Waals surface area contributed by atoms with E-state index in [4.69, 9.17) is 4.74 Å². The molecule has 0 aliphatic heterocycles. The molecule has 32 heavy (non-hydrogen) atoms. The van der Waals surface area contributed by atoms with Crippen LogP contribution in [0.25, 0.3) is 16.0 Å². The lowest BCUT2D eigenvalue weighted by molar-refractivity contribution is 0.344. The molecule has 0 aliphatic carbocycles. The Hall–Kier alpha value is -3.74. The summed E-state index contributed by atoms with van der Waals surface area (Å²) in [7, 11) is 0. The van der Waals surface area contributed by atoms with Crippen molar-refractivity contribution in [3.63, 3.8) is 0 Å². The van der Waals surface area contributed by atoms with Crippen LogP contribution in [0.4, 0.5) is 0 Å². The normalized spacial score (nSPS) is 11.0. The zero-order valence-electron chi connectivity index (χ0n) is 18.1. The molecule has 0 fully saturated rings. The molecule has 1 heterocycles. The quantitative estimate of drug-likeness (QED) is 0.295. The summed E-state index contributed by atoms with van der Waals surface area (Å²) in [4.78, 5) is 2.56. The predicted octanol–water partition coefficient (Wildman–Crippen LogP) is 7.69. The van der Waals surface area contributed by atoms with Gasteiger partial charge in [-0.25, -0.2) is 0 Å². The number of allylic oxidation sites excluding steroid dienone is 1. The van der Waals surface area contributed by atoms with E-state index >= 15 is 0 Å². The third-order valence-electron chi connectivity index (χ3n) is 5.02. The number of rotatable bonds is 5. The SMILES string of the molecule is Cc1ccc(-c2ccc(/C(C#Cc3ccccc3)=C\COc3ccc([O])c(C)c3)cc2)s1. The summed E-state index contributed by atoms with van der Waals surface area (Å²) in [6.45, 7) is 4.27. The average Bonchev–Trinajstić information content (AvgIpc) is 3.25. The first-order chi connectivity index (χ1) is 15.6. The number of benzene rings is 3. The minimum atomic E-state index is 0.0170. The Balaban J connectivity index is 1.59. The molecule has 3 aromatic carbocycles. The molecule has 1 radical (unpaired) electrons. The van der Waals surface area contributed by atoms with E-state index in [1.165, 1.54) is 21.4 Å². The van der Waals surface area contributed by atoms with Crippen LogP contribution in [0.15, 0.2) is 91.0 Å². The highest BCUT2D eigenvalue weighted by molar-refractivity contribution is 7.15. The van der Waals surface area contributed by atoms with E-state index in [1.54, 1.807) is 30.4 Å². The molecule has 0 saturated heterocycles. The van der Waals surface area contributed by atoms with Crippen molar-refractivity contribution < 1.29 is 9.84 Å². The van der Waals surface area contributed by atoms with Crippen LogP contribution >= 0.6 is 11.3 Å². The highest BCUT2D eigenvalue weighted by atomic mass is 32.1. The van der Waals surface area contributed by atoms with Gasteiger partial charge in [-0.1, -0.05) is 54.3 Å². The minimum Gasteiger partial charge on any atom is -0.489 e. The van der Waals surface area contributed by atoms with E-state index in [-0.39, 0.29) is 5.75 Å². The summed E-state index contributed by atoms with van der Waals surface area (Å²) in [5.41, 5.74) is 4.79. The fourth-order valence-electron chi connectivity index (χ4n) is 3.24. The van der Waals surface area contributed by atoms with Crippen molar-refractivity contribution in [3.8, 4) is 33.8 Å². The molecule has 2 nitrogen and oxygen atoms in total. The van der Waals surface area contributed by atoms with Crippen LogP contribution in [0.1, 0.15) is 21.6 Å². The first-order valence-corrected chi connectivity index (χ1v) is 11.2. The standard InChI is InChI=1S/C29H23O2S/c1-21-20-27(15-16-28(21)30)31-19-18-25(10-9-23-6-4-3-5-7-23)24-11-13-26(14-12-24)29-17-8-22(2)32-29/h3-8,11-18,20H,19H2,1-2H3/b25-18-.